The van der Waals surface area contributed by atoms with Crippen LogP contribution in [0.5, 0.6) is 0 Å². The summed E-state index contributed by atoms with van der Waals surface area (Å²) < 4.78 is 58.8. The minimum atomic E-state index is -4.06. The highest BCUT2D eigenvalue weighted by atomic mass is 79.9. The molecule has 1 aromatic rings. The van der Waals surface area contributed by atoms with E-state index in [1.54, 1.807) is 0 Å². The van der Waals surface area contributed by atoms with Gasteiger partial charge in [0, 0.05) is 23.2 Å². The predicted molar refractivity (Wildman–Crippen MR) is 72.8 cm³/mol. The van der Waals surface area contributed by atoms with Crippen molar-refractivity contribution in [1.29, 1.82) is 0 Å². The van der Waals surface area contributed by atoms with Crippen molar-refractivity contribution in [3.63, 3.8) is 0 Å². The van der Waals surface area contributed by atoms with Crippen LogP contribution in [-0.2, 0) is 14.8 Å². The van der Waals surface area contributed by atoms with Gasteiger partial charge >= 0.3 is 0 Å². The van der Waals surface area contributed by atoms with Crippen LogP contribution in [0.15, 0.2) is 21.5 Å². The van der Waals surface area contributed by atoms with Crippen molar-refractivity contribution in [3.8, 4) is 0 Å². The first-order valence-corrected chi connectivity index (χ1v) is 8.35. The number of rotatable bonds is 3. The summed E-state index contributed by atoms with van der Waals surface area (Å²) in [6, 6.07) is 1.15. The minimum Gasteiger partial charge on any atom is -0.378 e. The summed E-state index contributed by atoms with van der Waals surface area (Å²) in [5, 5.41) is 0. The Morgan fingerprint density at radius 3 is 2.70 bits per heavy atom. The first-order valence-electron chi connectivity index (χ1n) is 6.08. The molecule has 20 heavy (non-hydrogen) atoms. The molecule has 0 amide bonds. The van der Waals surface area contributed by atoms with Crippen LogP contribution in [0.4, 0.5) is 8.78 Å². The molecule has 0 bridgehead atoms. The molecular weight excluding hydrogens is 356 g/mol. The van der Waals surface area contributed by atoms with E-state index in [0.717, 1.165) is 6.07 Å². The van der Waals surface area contributed by atoms with Crippen LogP contribution >= 0.6 is 15.9 Å². The van der Waals surface area contributed by atoms with Crippen LogP contribution in [-0.4, -0.2) is 27.2 Å². The maximum Gasteiger partial charge on any atom is 0.244 e. The number of sulfonamides is 1. The molecule has 4 nitrogen and oxygen atoms in total. The zero-order chi connectivity index (χ0) is 14.9. The molecule has 0 aliphatic carbocycles. The molecule has 2 rings (SSSR count). The summed E-state index contributed by atoms with van der Waals surface area (Å²) in [6.45, 7) is 2.29. The van der Waals surface area contributed by atoms with Crippen LogP contribution in [0.25, 0.3) is 0 Å². The summed E-state index contributed by atoms with van der Waals surface area (Å²) in [7, 11) is -4.06. The number of halogens is 3. The van der Waals surface area contributed by atoms with E-state index in [9.17, 15) is 17.2 Å². The number of benzene rings is 1. The Morgan fingerprint density at radius 1 is 1.40 bits per heavy atom. The van der Waals surface area contributed by atoms with Gasteiger partial charge in [-0.15, -0.1) is 0 Å². The molecule has 1 saturated heterocycles. The van der Waals surface area contributed by atoms with Gasteiger partial charge in [0.05, 0.1) is 6.10 Å². The van der Waals surface area contributed by atoms with Crippen molar-refractivity contribution in [1.82, 2.24) is 4.72 Å². The zero-order valence-corrected chi connectivity index (χ0v) is 13.1. The fraction of sp³-hybridized carbons (Fsp3) is 0.500. The predicted octanol–water partition coefficient (Wildman–Crippen LogP) is 2.57. The van der Waals surface area contributed by atoms with Crippen molar-refractivity contribution in [2.24, 2.45) is 0 Å². The SMILES string of the molecule is CC1CC(NS(=O)(=O)c2c(F)cc(F)cc2Br)CCO1. The Hall–Kier alpha value is -0.570. The maximum absolute atomic E-state index is 13.7. The molecule has 8 heteroatoms. The summed E-state index contributed by atoms with van der Waals surface area (Å²) in [5.41, 5.74) is 0. The molecule has 0 spiro atoms. The van der Waals surface area contributed by atoms with Gasteiger partial charge in [-0.25, -0.2) is 21.9 Å². The second kappa shape index (κ2) is 6.05. The normalized spacial score (nSPS) is 23.8. The summed E-state index contributed by atoms with van der Waals surface area (Å²) >= 11 is 2.89. The molecule has 112 valence electrons. The van der Waals surface area contributed by atoms with Gasteiger partial charge in [0.15, 0.2) is 0 Å². The van der Waals surface area contributed by atoms with Gasteiger partial charge in [-0.05, 0) is 41.8 Å². The molecule has 1 aliphatic rings. The summed E-state index contributed by atoms with van der Waals surface area (Å²) in [5.74, 6) is -1.96. The van der Waals surface area contributed by atoms with Crippen LogP contribution in [0, 0.1) is 11.6 Å². The van der Waals surface area contributed by atoms with Crippen LogP contribution in [0.1, 0.15) is 19.8 Å². The van der Waals surface area contributed by atoms with E-state index in [2.05, 4.69) is 20.7 Å². The Kier molecular flexibility index (Phi) is 4.78. The zero-order valence-electron chi connectivity index (χ0n) is 10.7. The van der Waals surface area contributed by atoms with Crippen LogP contribution in [0.3, 0.4) is 0 Å². The van der Waals surface area contributed by atoms with E-state index < -0.39 is 26.6 Å². The largest absolute Gasteiger partial charge is 0.378 e. The second-order valence-electron chi connectivity index (χ2n) is 4.72. The van der Waals surface area contributed by atoms with Crippen molar-refractivity contribution < 1.29 is 21.9 Å². The molecule has 1 fully saturated rings. The monoisotopic (exact) mass is 369 g/mol. The van der Waals surface area contributed by atoms with E-state index >= 15 is 0 Å². The molecule has 1 heterocycles. The minimum absolute atomic E-state index is 0.0574. The van der Waals surface area contributed by atoms with Gasteiger partial charge in [-0.2, -0.15) is 0 Å². The van der Waals surface area contributed by atoms with E-state index in [1.165, 1.54) is 0 Å². The maximum atomic E-state index is 13.7. The summed E-state index contributed by atoms with van der Waals surface area (Å²) in [4.78, 5) is -0.571. The van der Waals surface area contributed by atoms with Crippen molar-refractivity contribution in [2.75, 3.05) is 6.61 Å². The van der Waals surface area contributed by atoms with E-state index in [-0.39, 0.29) is 16.6 Å². The quantitative estimate of drug-likeness (QED) is 0.890. The first-order chi connectivity index (χ1) is 9.29. The Bertz CT molecular complexity index is 586. The van der Waals surface area contributed by atoms with Gasteiger partial charge in [-0.1, -0.05) is 0 Å². The highest BCUT2D eigenvalue weighted by Gasteiger charge is 2.29. The van der Waals surface area contributed by atoms with Crippen LogP contribution < -0.4 is 4.72 Å². The number of hydrogen-bond acceptors (Lipinski definition) is 3. The van der Waals surface area contributed by atoms with Gasteiger partial charge in [-0.3, -0.25) is 0 Å². The Balaban J connectivity index is 2.27. The van der Waals surface area contributed by atoms with Gasteiger partial charge in [0.25, 0.3) is 0 Å². The van der Waals surface area contributed by atoms with E-state index in [4.69, 9.17) is 4.74 Å². The molecule has 0 radical (unpaired) electrons. The third-order valence-electron chi connectivity index (χ3n) is 3.04. The Morgan fingerprint density at radius 2 is 2.10 bits per heavy atom. The molecule has 1 aliphatic heterocycles. The molecule has 2 atom stereocenters. The molecule has 1 N–H and O–H groups in total. The van der Waals surface area contributed by atoms with Gasteiger partial charge in [0.1, 0.15) is 16.5 Å². The fourth-order valence-electron chi connectivity index (χ4n) is 2.17. The van der Waals surface area contributed by atoms with Crippen molar-refractivity contribution >= 4 is 26.0 Å². The van der Waals surface area contributed by atoms with Gasteiger partial charge < -0.3 is 4.74 Å². The third-order valence-corrected chi connectivity index (χ3v) is 5.52. The summed E-state index contributed by atoms with van der Waals surface area (Å²) in [6.07, 6.45) is 0.974. The highest BCUT2D eigenvalue weighted by Crippen LogP contribution is 2.27. The molecular formula is C12H14BrF2NO3S. The van der Waals surface area contributed by atoms with Crippen molar-refractivity contribution in [3.05, 3.63) is 28.2 Å². The lowest BCUT2D eigenvalue weighted by atomic mass is 10.1. The van der Waals surface area contributed by atoms with Gasteiger partial charge in [0.2, 0.25) is 10.0 Å². The molecule has 1 aromatic carbocycles. The lowest BCUT2D eigenvalue weighted by molar-refractivity contribution is 0.0173. The lowest BCUT2D eigenvalue weighted by Crippen LogP contribution is -2.41. The van der Waals surface area contributed by atoms with E-state index in [0.29, 0.717) is 25.5 Å². The second-order valence-corrected chi connectivity index (χ2v) is 7.23. The molecule has 2 unspecified atom stereocenters. The fourth-order valence-corrected chi connectivity index (χ4v) is 4.62. The number of nitrogens with one attached hydrogen (secondary N) is 1. The van der Waals surface area contributed by atoms with Crippen molar-refractivity contribution in [2.45, 2.75) is 36.8 Å². The standard InChI is InChI=1S/C12H14BrF2NO3S/c1-7-4-9(2-3-19-7)16-20(17,18)12-10(13)5-8(14)6-11(12)15/h5-7,9,16H,2-4H2,1H3. The first kappa shape index (κ1) is 15.8. The Labute approximate surface area is 124 Å². The van der Waals surface area contributed by atoms with Crippen LogP contribution in [0.2, 0.25) is 0 Å². The third kappa shape index (κ3) is 3.55. The smallest absolute Gasteiger partial charge is 0.244 e. The number of hydrogen-bond donors (Lipinski definition) is 1. The molecule has 0 aromatic heterocycles. The number of ether oxygens (including phenoxy) is 1. The lowest BCUT2D eigenvalue weighted by Gasteiger charge is -2.27. The topological polar surface area (TPSA) is 55.4 Å². The average Bonchev–Trinajstić information content (AvgIpc) is 2.25. The molecule has 0 saturated carbocycles. The average molecular weight is 370 g/mol. The van der Waals surface area contributed by atoms with E-state index in [1.807, 2.05) is 6.92 Å². The highest BCUT2D eigenvalue weighted by molar-refractivity contribution is 9.10.